The van der Waals surface area contributed by atoms with Crippen molar-refractivity contribution in [2.75, 3.05) is 31.1 Å². The molecule has 1 saturated carbocycles. The second-order valence-corrected chi connectivity index (χ2v) is 8.47. The van der Waals surface area contributed by atoms with E-state index in [0.29, 0.717) is 25.9 Å². The van der Waals surface area contributed by atoms with Gasteiger partial charge in [-0.15, -0.1) is 0 Å². The minimum Gasteiger partial charge on any atom is -0.464 e. The monoisotopic (exact) mass is 400 g/mol. The molecule has 1 aliphatic heterocycles. The number of carbonyl (C=O) groups excluding carboxylic acids is 2. The molecule has 0 aromatic heterocycles. The van der Waals surface area contributed by atoms with Gasteiger partial charge in [0.1, 0.15) is 5.54 Å². The summed E-state index contributed by atoms with van der Waals surface area (Å²) in [6.45, 7) is 6.79. The SMILES string of the molecule is CCOC(=O)C1(N(C(=O)CC)c2ccccc2)CCN(CC2CCCCC2)CC1. The van der Waals surface area contributed by atoms with Gasteiger partial charge in [-0.05, 0) is 50.7 Å². The first-order chi connectivity index (χ1) is 14.1. The lowest BCUT2D eigenvalue weighted by Crippen LogP contribution is -2.63. The van der Waals surface area contributed by atoms with Gasteiger partial charge in [0.15, 0.2) is 0 Å². The average Bonchev–Trinajstić information content (AvgIpc) is 2.76. The van der Waals surface area contributed by atoms with E-state index < -0.39 is 5.54 Å². The Hall–Kier alpha value is -1.88. The van der Waals surface area contributed by atoms with Crippen molar-refractivity contribution in [1.29, 1.82) is 0 Å². The van der Waals surface area contributed by atoms with E-state index in [-0.39, 0.29) is 11.9 Å². The van der Waals surface area contributed by atoms with E-state index in [0.717, 1.165) is 31.2 Å². The van der Waals surface area contributed by atoms with Crippen LogP contribution in [0.1, 0.15) is 65.2 Å². The normalized spacial score (nSPS) is 20.2. The Labute approximate surface area is 175 Å². The highest BCUT2D eigenvalue weighted by atomic mass is 16.5. The number of ether oxygens (including phenoxy) is 1. The zero-order valence-corrected chi connectivity index (χ0v) is 18.1. The van der Waals surface area contributed by atoms with E-state index in [1.807, 2.05) is 44.2 Å². The number of anilines is 1. The van der Waals surface area contributed by atoms with E-state index in [2.05, 4.69) is 4.90 Å². The van der Waals surface area contributed by atoms with Crippen molar-refractivity contribution in [3.8, 4) is 0 Å². The molecule has 5 heteroatoms. The fourth-order valence-electron chi connectivity index (χ4n) is 4.99. The highest BCUT2D eigenvalue weighted by Crippen LogP contribution is 2.36. The Morgan fingerprint density at radius 1 is 1.07 bits per heavy atom. The first-order valence-electron chi connectivity index (χ1n) is 11.4. The summed E-state index contributed by atoms with van der Waals surface area (Å²) < 4.78 is 5.52. The number of hydrogen-bond acceptors (Lipinski definition) is 4. The van der Waals surface area contributed by atoms with Crippen LogP contribution in [0.4, 0.5) is 5.69 Å². The molecule has 160 valence electrons. The Morgan fingerprint density at radius 2 is 1.72 bits per heavy atom. The summed E-state index contributed by atoms with van der Waals surface area (Å²) in [7, 11) is 0. The minimum absolute atomic E-state index is 0.0232. The van der Waals surface area contributed by atoms with Gasteiger partial charge in [-0.3, -0.25) is 9.69 Å². The number of esters is 1. The summed E-state index contributed by atoms with van der Waals surface area (Å²) in [5.41, 5.74) is -0.124. The quantitative estimate of drug-likeness (QED) is 0.636. The van der Waals surface area contributed by atoms with Crippen LogP contribution in [0.3, 0.4) is 0 Å². The van der Waals surface area contributed by atoms with Crippen LogP contribution in [-0.2, 0) is 14.3 Å². The number of hydrogen-bond donors (Lipinski definition) is 0. The first-order valence-corrected chi connectivity index (χ1v) is 11.4. The van der Waals surface area contributed by atoms with Gasteiger partial charge in [-0.25, -0.2) is 4.79 Å². The molecule has 0 spiro atoms. The van der Waals surface area contributed by atoms with Crippen LogP contribution in [-0.4, -0.2) is 48.6 Å². The van der Waals surface area contributed by atoms with Crippen molar-refractivity contribution in [2.24, 2.45) is 5.92 Å². The fraction of sp³-hybridized carbons (Fsp3) is 0.667. The summed E-state index contributed by atoms with van der Waals surface area (Å²) in [6.07, 6.45) is 8.32. The predicted molar refractivity (Wildman–Crippen MR) is 116 cm³/mol. The number of rotatable bonds is 7. The van der Waals surface area contributed by atoms with E-state index in [4.69, 9.17) is 4.74 Å². The van der Waals surface area contributed by atoms with Gasteiger partial charge in [0.2, 0.25) is 5.91 Å². The molecule has 1 heterocycles. The number of amides is 1. The molecule has 1 saturated heterocycles. The first kappa shape index (κ1) is 21.8. The third kappa shape index (κ3) is 5.00. The van der Waals surface area contributed by atoms with Crippen LogP contribution < -0.4 is 4.90 Å². The van der Waals surface area contributed by atoms with Gasteiger partial charge in [-0.2, -0.15) is 0 Å². The van der Waals surface area contributed by atoms with E-state index >= 15 is 0 Å². The van der Waals surface area contributed by atoms with Crippen molar-refractivity contribution in [1.82, 2.24) is 4.90 Å². The second-order valence-electron chi connectivity index (χ2n) is 8.47. The Bertz CT molecular complexity index is 662. The van der Waals surface area contributed by atoms with Gasteiger partial charge in [0.25, 0.3) is 0 Å². The van der Waals surface area contributed by atoms with Crippen LogP contribution in [0, 0.1) is 5.92 Å². The Balaban J connectivity index is 1.82. The lowest BCUT2D eigenvalue weighted by molar-refractivity contribution is -0.153. The smallest absolute Gasteiger partial charge is 0.332 e. The number of carbonyl (C=O) groups is 2. The molecule has 0 atom stereocenters. The molecule has 1 aromatic carbocycles. The third-order valence-electron chi connectivity index (χ3n) is 6.57. The van der Waals surface area contributed by atoms with Crippen LogP contribution >= 0.6 is 0 Å². The van der Waals surface area contributed by atoms with Crippen LogP contribution in [0.2, 0.25) is 0 Å². The van der Waals surface area contributed by atoms with Crippen LogP contribution in [0.15, 0.2) is 30.3 Å². The number of nitrogens with zero attached hydrogens (tertiary/aromatic N) is 2. The molecule has 0 N–H and O–H groups in total. The molecular weight excluding hydrogens is 364 g/mol. The molecule has 3 rings (SSSR count). The number of para-hydroxylation sites is 1. The zero-order chi connectivity index (χ0) is 20.7. The lowest BCUT2D eigenvalue weighted by atomic mass is 9.83. The number of piperidine rings is 1. The highest BCUT2D eigenvalue weighted by Gasteiger charge is 2.50. The molecule has 1 aliphatic carbocycles. The molecule has 1 aromatic rings. The third-order valence-corrected chi connectivity index (χ3v) is 6.57. The van der Waals surface area contributed by atoms with E-state index in [9.17, 15) is 9.59 Å². The molecule has 2 fully saturated rings. The van der Waals surface area contributed by atoms with Crippen molar-refractivity contribution in [3.05, 3.63) is 30.3 Å². The fourth-order valence-corrected chi connectivity index (χ4v) is 4.99. The molecule has 5 nitrogen and oxygen atoms in total. The maximum absolute atomic E-state index is 13.2. The predicted octanol–water partition coefficient (Wildman–Crippen LogP) is 4.41. The average molecular weight is 401 g/mol. The van der Waals surface area contributed by atoms with Crippen molar-refractivity contribution in [3.63, 3.8) is 0 Å². The molecule has 2 aliphatic rings. The zero-order valence-electron chi connectivity index (χ0n) is 18.1. The Kier molecular flexibility index (Phi) is 7.70. The largest absolute Gasteiger partial charge is 0.464 e. The maximum atomic E-state index is 13.2. The summed E-state index contributed by atoms with van der Waals surface area (Å²) in [5.74, 6) is 0.495. The van der Waals surface area contributed by atoms with Gasteiger partial charge >= 0.3 is 5.97 Å². The Morgan fingerprint density at radius 3 is 2.31 bits per heavy atom. The van der Waals surface area contributed by atoms with Gasteiger partial charge in [0.05, 0.1) is 6.61 Å². The van der Waals surface area contributed by atoms with E-state index in [1.165, 1.54) is 32.1 Å². The highest BCUT2D eigenvalue weighted by molar-refractivity contribution is 6.02. The van der Waals surface area contributed by atoms with E-state index in [1.54, 1.807) is 4.90 Å². The van der Waals surface area contributed by atoms with Crippen LogP contribution in [0.5, 0.6) is 0 Å². The minimum atomic E-state index is -0.909. The summed E-state index contributed by atoms with van der Waals surface area (Å²) in [5, 5.41) is 0. The summed E-state index contributed by atoms with van der Waals surface area (Å²) in [6, 6.07) is 9.61. The standard InChI is InChI=1S/C24H36N2O3/c1-3-22(27)26(21-13-9-6-10-14-21)24(23(28)29-4-2)15-17-25(18-16-24)19-20-11-7-5-8-12-20/h6,9-10,13-14,20H,3-5,7-8,11-12,15-19H2,1-2H3. The maximum Gasteiger partial charge on any atom is 0.332 e. The molecule has 0 radical (unpaired) electrons. The molecule has 0 unspecified atom stereocenters. The summed E-state index contributed by atoms with van der Waals surface area (Å²) in [4.78, 5) is 30.5. The van der Waals surface area contributed by atoms with Crippen molar-refractivity contribution in [2.45, 2.75) is 70.8 Å². The second kappa shape index (κ2) is 10.2. The van der Waals surface area contributed by atoms with Crippen molar-refractivity contribution < 1.29 is 14.3 Å². The molecule has 1 amide bonds. The lowest BCUT2D eigenvalue weighted by Gasteiger charge is -2.47. The molecule has 29 heavy (non-hydrogen) atoms. The van der Waals surface area contributed by atoms with Crippen LogP contribution in [0.25, 0.3) is 0 Å². The number of benzene rings is 1. The molecule has 0 bridgehead atoms. The number of likely N-dealkylation sites (tertiary alicyclic amines) is 1. The molecular formula is C24H36N2O3. The summed E-state index contributed by atoms with van der Waals surface area (Å²) >= 11 is 0. The van der Waals surface area contributed by atoms with Crippen molar-refractivity contribution >= 4 is 17.6 Å². The van der Waals surface area contributed by atoms with Gasteiger partial charge < -0.3 is 9.64 Å². The topological polar surface area (TPSA) is 49.9 Å². The van der Waals surface area contributed by atoms with Gasteiger partial charge in [-0.1, -0.05) is 44.4 Å². The van der Waals surface area contributed by atoms with Gasteiger partial charge in [0, 0.05) is 31.7 Å².